The van der Waals surface area contributed by atoms with Crippen molar-refractivity contribution in [1.29, 1.82) is 0 Å². The van der Waals surface area contributed by atoms with Crippen molar-refractivity contribution in [2.24, 2.45) is 0 Å². The molecule has 0 fully saturated rings. The van der Waals surface area contributed by atoms with Gasteiger partial charge in [-0.3, -0.25) is 14.9 Å². The lowest BCUT2D eigenvalue weighted by molar-refractivity contribution is -0.384. The van der Waals surface area contributed by atoms with Crippen molar-refractivity contribution in [2.75, 3.05) is 5.32 Å². The number of carbonyl (C=O) groups excluding carboxylic acids is 1. The van der Waals surface area contributed by atoms with E-state index in [0.717, 1.165) is 0 Å². The Kier molecular flexibility index (Phi) is 4.94. The number of non-ortho nitro benzene ring substituents is 1. The molecule has 0 aliphatic rings. The molecule has 7 heteroatoms. The Labute approximate surface area is 154 Å². The third-order valence-corrected chi connectivity index (χ3v) is 3.94. The number of carboxylic acid groups (broad SMARTS) is 1. The number of nitro benzene ring substituents is 1. The maximum atomic E-state index is 12.5. The number of nitrogens with one attached hydrogen (secondary N) is 1. The number of hydrogen-bond donors (Lipinski definition) is 2. The van der Waals surface area contributed by atoms with Gasteiger partial charge in [0.05, 0.1) is 16.1 Å². The number of nitro groups is 1. The van der Waals surface area contributed by atoms with Crippen molar-refractivity contribution in [2.45, 2.75) is 0 Å². The van der Waals surface area contributed by atoms with Gasteiger partial charge in [0.25, 0.3) is 11.6 Å². The third-order valence-electron chi connectivity index (χ3n) is 3.94. The number of nitrogens with zero attached hydrogens (tertiary/aromatic N) is 1. The zero-order valence-electron chi connectivity index (χ0n) is 14.0. The highest BCUT2D eigenvalue weighted by atomic mass is 16.6. The summed E-state index contributed by atoms with van der Waals surface area (Å²) >= 11 is 0. The number of amides is 1. The molecule has 0 aromatic heterocycles. The van der Waals surface area contributed by atoms with Crippen LogP contribution in [-0.2, 0) is 0 Å². The molecule has 0 radical (unpaired) electrons. The van der Waals surface area contributed by atoms with E-state index in [4.69, 9.17) is 0 Å². The van der Waals surface area contributed by atoms with Gasteiger partial charge in [0.1, 0.15) is 0 Å². The topological polar surface area (TPSA) is 110 Å². The lowest BCUT2D eigenvalue weighted by Crippen LogP contribution is -2.16. The summed E-state index contributed by atoms with van der Waals surface area (Å²) in [6, 6.07) is 18.9. The summed E-state index contributed by atoms with van der Waals surface area (Å²) in [5, 5.41) is 22.9. The summed E-state index contributed by atoms with van der Waals surface area (Å²) in [6.45, 7) is 0. The van der Waals surface area contributed by atoms with Crippen molar-refractivity contribution in [1.82, 2.24) is 0 Å². The van der Waals surface area contributed by atoms with Crippen molar-refractivity contribution >= 4 is 23.3 Å². The molecule has 0 unspecified atom stereocenters. The molecule has 0 aliphatic carbocycles. The number of rotatable bonds is 5. The fourth-order valence-corrected chi connectivity index (χ4v) is 2.59. The van der Waals surface area contributed by atoms with Crippen LogP contribution < -0.4 is 5.32 Å². The molecule has 0 bridgehead atoms. The molecular formula is C20H14N2O5. The van der Waals surface area contributed by atoms with E-state index < -0.39 is 16.8 Å². The standard InChI is InChI=1S/C20H14N2O5/c23-19(21-15-4-2-1-3-5-15)17-11-8-14(12-18(17)20(24)25)13-6-9-16(10-7-13)22(26)27/h1-12H,(H,21,23)(H,24,25). The Morgan fingerprint density at radius 3 is 2.07 bits per heavy atom. The Balaban J connectivity index is 1.94. The summed E-state index contributed by atoms with van der Waals surface area (Å²) in [6.07, 6.45) is 0. The predicted molar refractivity (Wildman–Crippen MR) is 99.9 cm³/mol. The summed E-state index contributed by atoms with van der Waals surface area (Å²) in [4.78, 5) is 34.3. The maximum Gasteiger partial charge on any atom is 0.336 e. The van der Waals surface area contributed by atoms with Crippen molar-refractivity contribution < 1.29 is 19.6 Å². The smallest absolute Gasteiger partial charge is 0.336 e. The number of para-hydroxylation sites is 1. The minimum absolute atomic E-state index is 0.0250. The second-order valence-electron chi connectivity index (χ2n) is 5.69. The molecule has 0 aliphatic heterocycles. The number of carboxylic acids is 1. The minimum atomic E-state index is -1.24. The van der Waals surface area contributed by atoms with Crippen LogP contribution in [0, 0.1) is 10.1 Å². The van der Waals surface area contributed by atoms with E-state index in [1.165, 1.54) is 36.4 Å². The van der Waals surface area contributed by atoms with Crippen LogP contribution in [0.4, 0.5) is 11.4 Å². The number of benzene rings is 3. The van der Waals surface area contributed by atoms with Crippen LogP contribution >= 0.6 is 0 Å². The van der Waals surface area contributed by atoms with Crippen LogP contribution in [0.3, 0.4) is 0 Å². The Morgan fingerprint density at radius 1 is 0.852 bits per heavy atom. The molecule has 3 aromatic carbocycles. The quantitative estimate of drug-likeness (QED) is 0.522. The van der Waals surface area contributed by atoms with E-state index in [2.05, 4.69) is 5.32 Å². The summed E-state index contributed by atoms with van der Waals surface area (Å²) in [7, 11) is 0. The second-order valence-corrected chi connectivity index (χ2v) is 5.69. The van der Waals surface area contributed by atoms with Gasteiger partial charge in [-0.2, -0.15) is 0 Å². The van der Waals surface area contributed by atoms with Gasteiger partial charge in [-0.05, 0) is 47.5 Å². The van der Waals surface area contributed by atoms with E-state index in [1.54, 1.807) is 36.4 Å². The van der Waals surface area contributed by atoms with Gasteiger partial charge in [0, 0.05) is 17.8 Å². The number of hydrogen-bond acceptors (Lipinski definition) is 4. The Hall–Kier alpha value is -4.00. The Morgan fingerprint density at radius 2 is 1.48 bits per heavy atom. The molecule has 134 valence electrons. The van der Waals surface area contributed by atoms with Crippen LogP contribution in [0.15, 0.2) is 72.8 Å². The monoisotopic (exact) mass is 362 g/mol. The van der Waals surface area contributed by atoms with Gasteiger partial charge >= 0.3 is 5.97 Å². The molecule has 7 nitrogen and oxygen atoms in total. The highest BCUT2D eigenvalue weighted by Gasteiger charge is 2.18. The average molecular weight is 362 g/mol. The average Bonchev–Trinajstić information content (AvgIpc) is 2.68. The zero-order valence-corrected chi connectivity index (χ0v) is 14.0. The van der Waals surface area contributed by atoms with E-state index in [1.807, 2.05) is 0 Å². The molecule has 0 atom stereocenters. The highest BCUT2D eigenvalue weighted by Crippen LogP contribution is 2.25. The van der Waals surface area contributed by atoms with Gasteiger partial charge in [-0.25, -0.2) is 4.79 Å². The number of aromatic carboxylic acids is 1. The van der Waals surface area contributed by atoms with E-state index in [0.29, 0.717) is 16.8 Å². The van der Waals surface area contributed by atoms with Gasteiger partial charge in [-0.1, -0.05) is 24.3 Å². The van der Waals surface area contributed by atoms with Crippen LogP contribution in [0.25, 0.3) is 11.1 Å². The predicted octanol–water partition coefficient (Wildman–Crippen LogP) is 4.21. The number of anilines is 1. The van der Waals surface area contributed by atoms with Crippen molar-refractivity contribution in [3.63, 3.8) is 0 Å². The summed E-state index contributed by atoms with van der Waals surface area (Å²) < 4.78 is 0. The van der Waals surface area contributed by atoms with Crippen LogP contribution in [0.1, 0.15) is 20.7 Å². The second kappa shape index (κ2) is 7.49. The minimum Gasteiger partial charge on any atom is -0.478 e. The first-order valence-corrected chi connectivity index (χ1v) is 7.94. The van der Waals surface area contributed by atoms with E-state index in [-0.39, 0.29) is 16.8 Å². The van der Waals surface area contributed by atoms with Crippen molar-refractivity contribution in [3.05, 3.63) is 94.0 Å². The molecule has 1 amide bonds. The molecular weight excluding hydrogens is 348 g/mol. The van der Waals surface area contributed by atoms with Gasteiger partial charge in [-0.15, -0.1) is 0 Å². The van der Waals surface area contributed by atoms with Gasteiger partial charge in [0.2, 0.25) is 0 Å². The molecule has 3 aromatic rings. The molecule has 27 heavy (non-hydrogen) atoms. The first-order valence-electron chi connectivity index (χ1n) is 7.94. The molecule has 2 N–H and O–H groups in total. The molecule has 3 rings (SSSR count). The van der Waals surface area contributed by atoms with E-state index >= 15 is 0 Å². The van der Waals surface area contributed by atoms with E-state index in [9.17, 15) is 24.8 Å². The molecule has 0 saturated heterocycles. The van der Waals surface area contributed by atoms with Gasteiger partial charge in [0.15, 0.2) is 0 Å². The lowest BCUT2D eigenvalue weighted by atomic mass is 9.98. The van der Waals surface area contributed by atoms with Crippen LogP contribution in [-0.4, -0.2) is 21.9 Å². The first kappa shape index (κ1) is 17.8. The van der Waals surface area contributed by atoms with Gasteiger partial charge < -0.3 is 10.4 Å². The highest BCUT2D eigenvalue weighted by molar-refractivity contribution is 6.11. The van der Waals surface area contributed by atoms with Crippen LogP contribution in [0.2, 0.25) is 0 Å². The molecule has 0 spiro atoms. The fourth-order valence-electron chi connectivity index (χ4n) is 2.59. The lowest BCUT2D eigenvalue weighted by Gasteiger charge is -2.10. The summed E-state index contributed by atoms with van der Waals surface area (Å²) in [5.74, 6) is -1.77. The van der Waals surface area contributed by atoms with Crippen molar-refractivity contribution in [3.8, 4) is 11.1 Å². The maximum absolute atomic E-state index is 12.5. The normalized spacial score (nSPS) is 10.2. The molecule has 0 heterocycles. The Bertz CT molecular complexity index is 1010. The van der Waals surface area contributed by atoms with Crippen LogP contribution in [0.5, 0.6) is 0 Å². The number of carbonyl (C=O) groups is 2. The molecule has 0 saturated carbocycles. The first-order chi connectivity index (χ1) is 13.0. The largest absolute Gasteiger partial charge is 0.478 e. The fraction of sp³-hybridized carbons (Fsp3) is 0. The summed E-state index contributed by atoms with van der Waals surface area (Å²) in [5.41, 5.74) is 1.52. The third kappa shape index (κ3) is 3.98. The SMILES string of the molecule is O=C(O)c1cc(-c2ccc([N+](=O)[O-])cc2)ccc1C(=O)Nc1ccccc1. The zero-order chi connectivity index (χ0) is 19.4.